The minimum Gasteiger partial charge on any atom is -0.258 e. The fourth-order valence-corrected chi connectivity index (χ4v) is 3.20. The van der Waals surface area contributed by atoms with E-state index in [0.717, 1.165) is 18.4 Å². The molecule has 0 bridgehead atoms. The van der Waals surface area contributed by atoms with Crippen molar-refractivity contribution < 1.29 is 8.60 Å². The van der Waals surface area contributed by atoms with Gasteiger partial charge >= 0.3 is 0 Å². The monoisotopic (exact) mass is 294 g/mol. The predicted octanol–water partition coefficient (Wildman–Crippen LogP) is 2.16. The molecule has 0 N–H and O–H groups in total. The predicted molar refractivity (Wildman–Crippen MR) is 72.7 cm³/mol. The minimum atomic E-state index is -1.14. The van der Waals surface area contributed by atoms with Gasteiger partial charge in [0, 0.05) is 10.8 Å². The molecule has 1 heterocycles. The maximum Gasteiger partial charge on any atom is 0.164 e. The lowest BCUT2D eigenvalue weighted by molar-refractivity contribution is 0.590. The van der Waals surface area contributed by atoms with Crippen LogP contribution in [0.25, 0.3) is 0 Å². The Kier molecular flexibility index (Phi) is 3.60. The molecule has 5 nitrogen and oxygen atoms in total. The third-order valence-electron chi connectivity index (χ3n) is 3.46. The number of hydrogen-bond donors (Lipinski definition) is 0. The molecule has 1 aromatic carbocycles. The fourth-order valence-electron chi connectivity index (χ4n) is 2.05. The normalized spacial score (nSPS) is 17.9. The molecule has 0 unspecified atom stereocenters. The lowest BCUT2D eigenvalue weighted by atomic mass is 10.2. The van der Waals surface area contributed by atoms with Gasteiger partial charge in [-0.15, -0.1) is 5.10 Å². The van der Waals surface area contributed by atoms with Gasteiger partial charge in [-0.2, -0.15) is 0 Å². The van der Waals surface area contributed by atoms with Gasteiger partial charge in [0.2, 0.25) is 0 Å². The summed E-state index contributed by atoms with van der Waals surface area (Å²) in [7, 11) is -1.14. The molecular formula is C13H15FN4OS. The van der Waals surface area contributed by atoms with Gasteiger partial charge in [0.25, 0.3) is 0 Å². The average Bonchev–Trinajstić information content (AvgIpc) is 3.19. The van der Waals surface area contributed by atoms with Crippen LogP contribution in [0.3, 0.4) is 0 Å². The van der Waals surface area contributed by atoms with E-state index in [-0.39, 0.29) is 11.1 Å². The maximum atomic E-state index is 12.9. The van der Waals surface area contributed by atoms with Crippen molar-refractivity contribution in [2.45, 2.75) is 36.8 Å². The Hall–Kier alpha value is -1.63. The molecule has 1 aromatic heterocycles. The van der Waals surface area contributed by atoms with Crippen LogP contribution in [0.2, 0.25) is 0 Å². The second-order valence-corrected chi connectivity index (χ2v) is 6.75. The molecule has 0 amide bonds. The Morgan fingerprint density at radius 2 is 2.10 bits per heavy atom. The quantitative estimate of drug-likeness (QED) is 0.848. The summed E-state index contributed by atoms with van der Waals surface area (Å²) in [5.74, 6) is 0.700. The molecule has 20 heavy (non-hydrogen) atoms. The van der Waals surface area contributed by atoms with Crippen LogP contribution in [-0.2, 0) is 16.6 Å². The van der Waals surface area contributed by atoms with E-state index in [2.05, 4.69) is 15.5 Å². The molecule has 1 aliphatic carbocycles. The van der Waals surface area contributed by atoms with Crippen molar-refractivity contribution in [1.29, 1.82) is 0 Å². The third-order valence-corrected chi connectivity index (χ3v) is 5.06. The fraction of sp³-hybridized carbons (Fsp3) is 0.462. The molecule has 0 aliphatic heterocycles. The van der Waals surface area contributed by atoms with Crippen LogP contribution in [0, 0.1) is 5.82 Å². The Morgan fingerprint density at radius 3 is 2.75 bits per heavy atom. The van der Waals surface area contributed by atoms with Crippen molar-refractivity contribution >= 4 is 10.8 Å². The molecular weight excluding hydrogens is 279 g/mol. The van der Waals surface area contributed by atoms with Gasteiger partial charge in [0.05, 0.1) is 17.0 Å². The molecule has 2 atom stereocenters. The first-order chi connectivity index (χ1) is 9.65. The molecule has 7 heteroatoms. The zero-order valence-electron chi connectivity index (χ0n) is 11.1. The van der Waals surface area contributed by atoms with E-state index in [1.807, 2.05) is 6.92 Å². The van der Waals surface area contributed by atoms with Gasteiger partial charge in [-0.25, -0.2) is 9.07 Å². The Bertz CT molecular complexity index is 624. The number of aromatic nitrogens is 4. The van der Waals surface area contributed by atoms with Crippen molar-refractivity contribution in [3.05, 3.63) is 41.5 Å². The van der Waals surface area contributed by atoms with Gasteiger partial charge in [0.1, 0.15) is 5.82 Å². The molecule has 0 saturated heterocycles. The Morgan fingerprint density at radius 1 is 1.40 bits per heavy atom. The molecule has 1 fully saturated rings. The molecule has 2 aromatic rings. The van der Waals surface area contributed by atoms with Crippen molar-refractivity contribution in [3.63, 3.8) is 0 Å². The zero-order chi connectivity index (χ0) is 14.1. The van der Waals surface area contributed by atoms with E-state index in [1.54, 1.807) is 16.8 Å². The third kappa shape index (κ3) is 2.77. The summed E-state index contributed by atoms with van der Waals surface area (Å²) in [6.07, 6.45) is 2.16. The van der Waals surface area contributed by atoms with E-state index in [0.29, 0.717) is 17.6 Å². The number of benzene rings is 1. The van der Waals surface area contributed by atoms with Crippen LogP contribution in [0.1, 0.15) is 42.4 Å². The highest BCUT2D eigenvalue weighted by Crippen LogP contribution is 2.35. The average molecular weight is 294 g/mol. The maximum absolute atomic E-state index is 12.9. The zero-order valence-corrected chi connectivity index (χ0v) is 11.9. The molecule has 1 saturated carbocycles. The largest absolute Gasteiger partial charge is 0.258 e. The van der Waals surface area contributed by atoms with Gasteiger partial charge < -0.3 is 0 Å². The highest BCUT2D eigenvalue weighted by Gasteiger charge is 2.28. The summed E-state index contributed by atoms with van der Waals surface area (Å²) in [5, 5.41) is 11.4. The first kappa shape index (κ1) is 13.4. The van der Waals surface area contributed by atoms with Gasteiger partial charge in [-0.1, -0.05) is 12.1 Å². The van der Waals surface area contributed by atoms with Crippen LogP contribution >= 0.6 is 0 Å². The van der Waals surface area contributed by atoms with Crippen molar-refractivity contribution in [2.75, 3.05) is 0 Å². The highest BCUT2D eigenvalue weighted by atomic mass is 32.2. The summed E-state index contributed by atoms with van der Waals surface area (Å²) in [4.78, 5) is 0. The van der Waals surface area contributed by atoms with E-state index in [1.165, 1.54) is 12.1 Å². The van der Waals surface area contributed by atoms with Gasteiger partial charge in [-0.3, -0.25) is 4.21 Å². The van der Waals surface area contributed by atoms with Crippen LogP contribution in [-0.4, -0.2) is 24.4 Å². The smallest absolute Gasteiger partial charge is 0.164 e. The summed E-state index contributed by atoms with van der Waals surface area (Å²) in [5.41, 5.74) is 0.857. The number of halogens is 1. The standard InChI is InChI=1S/C13H15FN4OS/c1-9(10-2-4-11(14)5-3-10)20(19)8-13-15-16-17-18(13)12-6-7-12/h2-5,9,12H,6-8H2,1H3/t9-,20-/m1/s1. The van der Waals surface area contributed by atoms with Gasteiger partial charge in [0.15, 0.2) is 5.82 Å². The first-order valence-corrected chi connectivity index (χ1v) is 7.92. The summed E-state index contributed by atoms with van der Waals surface area (Å²) in [6, 6.07) is 6.48. The second-order valence-electron chi connectivity index (χ2n) is 4.99. The van der Waals surface area contributed by atoms with Crippen molar-refractivity contribution in [1.82, 2.24) is 20.2 Å². The summed E-state index contributed by atoms with van der Waals surface area (Å²) >= 11 is 0. The van der Waals surface area contributed by atoms with Gasteiger partial charge in [-0.05, 0) is 47.9 Å². The second kappa shape index (κ2) is 5.40. The van der Waals surface area contributed by atoms with Crippen LogP contribution in [0.4, 0.5) is 4.39 Å². The van der Waals surface area contributed by atoms with E-state index < -0.39 is 10.8 Å². The molecule has 0 radical (unpaired) electrons. The van der Waals surface area contributed by atoms with E-state index in [4.69, 9.17) is 0 Å². The lowest BCUT2D eigenvalue weighted by Crippen LogP contribution is -2.11. The number of hydrogen-bond acceptors (Lipinski definition) is 4. The summed E-state index contributed by atoms with van der Waals surface area (Å²) < 4.78 is 27.1. The van der Waals surface area contributed by atoms with Crippen molar-refractivity contribution in [2.24, 2.45) is 0 Å². The first-order valence-electron chi connectivity index (χ1n) is 6.54. The van der Waals surface area contributed by atoms with Crippen LogP contribution < -0.4 is 0 Å². The van der Waals surface area contributed by atoms with E-state index in [9.17, 15) is 8.60 Å². The lowest BCUT2D eigenvalue weighted by Gasteiger charge is -2.11. The Labute approximate surface area is 118 Å². The number of rotatable bonds is 5. The Balaban J connectivity index is 1.72. The molecule has 3 rings (SSSR count). The minimum absolute atomic E-state index is 0.181. The highest BCUT2D eigenvalue weighted by molar-refractivity contribution is 7.84. The van der Waals surface area contributed by atoms with Crippen LogP contribution in [0.15, 0.2) is 24.3 Å². The van der Waals surface area contributed by atoms with E-state index >= 15 is 0 Å². The number of tetrazole rings is 1. The molecule has 106 valence electrons. The summed E-state index contributed by atoms with van der Waals surface area (Å²) in [6.45, 7) is 1.87. The van der Waals surface area contributed by atoms with Crippen LogP contribution in [0.5, 0.6) is 0 Å². The molecule has 0 spiro atoms. The number of nitrogens with zero attached hydrogens (tertiary/aromatic N) is 4. The molecule has 1 aliphatic rings. The van der Waals surface area contributed by atoms with Crippen molar-refractivity contribution in [3.8, 4) is 0 Å². The SMILES string of the molecule is C[C@H](c1ccc(F)cc1)[S@](=O)Cc1nnnn1C1CC1. The topological polar surface area (TPSA) is 60.7 Å².